The minimum Gasteiger partial charge on any atom is -0.483 e. The average molecular weight is 733 g/mol. The lowest BCUT2D eigenvalue weighted by Crippen LogP contribution is -2.31. The molecule has 2 rings (SSSR count). The number of rotatable bonds is 23. The standard InChI is InChI=1S/C46H68O5S/c1-36(2)17-10-18-37(3)19-11-20-38(4)21-12-22-39(5)23-13-24-40(6)25-14-26-41(7)27-15-28-42(8)29-16-33-46(9)34-32-43-35-44(51-52(47,48)49)30-31-45(43)50-46/h17,19,21,23,25,27,29-32,34-35H,10-16,18,20,22,24,26,28,33H2,1-9H3,(H,47,48,49)/b37-19+,38-21+,39-23+,40-25+,41-27+,42-29+. The van der Waals surface area contributed by atoms with Crippen LogP contribution in [0.1, 0.15) is 158 Å². The molecule has 0 amide bonds. The van der Waals surface area contributed by atoms with Gasteiger partial charge in [-0.15, -0.1) is 0 Å². The first-order valence-corrected chi connectivity index (χ1v) is 20.7. The lowest BCUT2D eigenvalue weighted by Gasteiger charge is -2.31. The highest BCUT2D eigenvalue weighted by atomic mass is 32.3. The molecule has 0 aliphatic carbocycles. The van der Waals surface area contributed by atoms with Crippen LogP contribution in [-0.2, 0) is 10.4 Å². The molecule has 288 valence electrons. The summed E-state index contributed by atoms with van der Waals surface area (Å²) in [4.78, 5) is 0. The van der Waals surface area contributed by atoms with E-state index in [4.69, 9.17) is 9.29 Å². The van der Waals surface area contributed by atoms with E-state index in [1.165, 1.54) is 57.6 Å². The summed E-state index contributed by atoms with van der Waals surface area (Å²) in [5.41, 5.74) is 10.5. The van der Waals surface area contributed by atoms with Crippen LogP contribution in [0.4, 0.5) is 0 Å². The molecule has 0 spiro atoms. The van der Waals surface area contributed by atoms with Gasteiger partial charge in [0.15, 0.2) is 0 Å². The molecule has 1 heterocycles. The Kier molecular flexibility index (Phi) is 20.1. The molecule has 1 atom stereocenters. The Morgan fingerprint density at radius 2 is 1.02 bits per heavy atom. The average Bonchev–Trinajstić information content (AvgIpc) is 3.04. The molecule has 0 saturated heterocycles. The Hall–Kier alpha value is -3.35. The van der Waals surface area contributed by atoms with Crippen LogP contribution in [0.3, 0.4) is 0 Å². The fraction of sp³-hybridized carbons (Fsp3) is 0.522. The molecule has 1 N–H and O–H groups in total. The van der Waals surface area contributed by atoms with E-state index in [1.54, 1.807) is 6.07 Å². The second kappa shape index (κ2) is 23.3. The first-order chi connectivity index (χ1) is 24.5. The van der Waals surface area contributed by atoms with Crippen molar-refractivity contribution in [3.05, 3.63) is 111 Å². The van der Waals surface area contributed by atoms with Crippen molar-refractivity contribution in [2.75, 3.05) is 0 Å². The minimum absolute atomic E-state index is 0.0436. The summed E-state index contributed by atoms with van der Waals surface area (Å²) >= 11 is 0. The largest absolute Gasteiger partial charge is 0.483 e. The third kappa shape index (κ3) is 20.6. The number of hydrogen-bond acceptors (Lipinski definition) is 4. The van der Waals surface area contributed by atoms with Gasteiger partial charge in [-0.1, -0.05) is 87.6 Å². The van der Waals surface area contributed by atoms with Crippen LogP contribution in [-0.4, -0.2) is 18.6 Å². The van der Waals surface area contributed by atoms with Crippen LogP contribution in [0.2, 0.25) is 0 Å². The molecule has 0 saturated carbocycles. The summed E-state index contributed by atoms with van der Waals surface area (Å²) in [6.45, 7) is 19.9. The molecular weight excluding hydrogens is 665 g/mol. The molecule has 0 radical (unpaired) electrons. The number of ether oxygens (including phenoxy) is 1. The maximum atomic E-state index is 11.0. The molecule has 1 unspecified atom stereocenters. The fourth-order valence-corrected chi connectivity index (χ4v) is 6.49. The van der Waals surface area contributed by atoms with Gasteiger partial charge in [-0.3, -0.25) is 4.55 Å². The smallest absolute Gasteiger partial charge is 0.446 e. The molecule has 1 aromatic rings. The highest BCUT2D eigenvalue weighted by molar-refractivity contribution is 7.81. The normalized spacial score (nSPS) is 17.6. The van der Waals surface area contributed by atoms with Crippen LogP contribution in [0.5, 0.6) is 11.5 Å². The van der Waals surface area contributed by atoms with Gasteiger partial charge in [-0.05, 0) is 176 Å². The minimum atomic E-state index is -4.56. The number of allylic oxidation sites excluding steroid dienone is 14. The Balaban J connectivity index is 1.62. The maximum absolute atomic E-state index is 11.0. The van der Waals surface area contributed by atoms with Gasteiger partial charge in [-0.2, -0.15) is 8.42 Å². The molecule has 5 nitrogen and oxygen atoms in total. The molecule has 0 aromatic heterocycles. The molecule has 0 bridgehead atoms. The lowest BCUT2D eigenvalue weighted by atomic mass is 9.94. The van der Waals surface area contributed by atoms with E-state index in [0.29, 0.717) is 11.3 Å². The van der Waals surface area contributed by atoms with Crippen LogP contribution in [0.15, 0.2) is 106 Å². The van der Waals surface area contributed by atoms with Crippen molar-refractivity contribution in [1.29, 1.82) is 0 Å². The van der Waals surface area contributed by atoms with Gasteiger partial charge in [0.25, 0.3) is 0 Å². The quantitative estimate of drug-likeness (QED) is 0.0896. The van der Waals surface area contributed by atoms with Gasteiger partial charge in [0, 0.05) is 5.56 Å². The first-order valence-electron chi connectivity index (χ1n) is 19.3. The predicted molar refractivity (Wildman–Crippen MR) is 223 cm³/mol. The fourth-order valence-electron chi connectivity index (χ4n) is 6.15. The summed E-state index contributed by atoms with van der Waals surface area (Å²) in [7, 11) is -4.56. The van der Waals surface area contributed by atoms with Crippen molar-refractivity contribution >= 4 is 16.5 Å². The zero-order valence-corrected chi connectivity index (χ0v) is 34.6. The van der Waals surface area contributed by atoms with Gasteiger partial charge in [-0.25, -0.2) is 0 Å². The summed E-state index contributed by atoms with van der Waals surface area (Å²) < 4.78 is 41.7. The Morgan fingerprint density at radius 3 is 1.40 bits per heavy atom. The SMILES string of the molecule is CC(C)=CCC/C(C)=C/CC/C(C)=C/CC/C(C)=C/CC/C(C)=C/CC/C(C)=C/CC/C(C)=C/CCC1(C)C=Cc2cc(OS(=O)(=O)O)ccc2O1. The summed E-state index contributed by atoms with van der Waals surface area (Å²) in [6, 6.07) is 4.68. The molecular formula is C46H68O5S. The van der Waals surface area contributed by atoms with E-state index in [1.807, 2.05) is 12.2 Å². The van der Waals surface area contributed by atoms with Crippen LogP contribution >= 0.6 is 0 Å². The van der Waals surface area contributed by atoms with E-state index < -0.39 is 16.0 Å². The molecule has 6 heteroatoms. The topological polar surface area (TPSA) is 72.8 Å². The molecule has 1 aliphatic rings. The maximum Gasteiger partial charge on any atom is 0.446 e. The highest BCUT2D eigenvalue weighted by Gasteiger charge is 2.27. The zero-order valence-electron chi connectivity index (χ0n) is 33.8. The Labute approximate surface area is 318 Å². The second-order valence-corrected chi connectivity index (χ2v) is 16.3. The van der Waals surface area contributed by atoms with Crippen LogP contribution < -0.4 is 8.92 Å². The number of hydrogen-bond donors (Lipinski definition) is 1. The third-order valence-electron chi connectivity index (χ3n) is 9.52. The summed E-state index contributed by atoms with van der Waals surface area (Å²) in [5, 5.41) is 0. The molecule has 0 fully saturated rings. The number of fused-ring (bicyclic) bond motifs is 1. The van der Waals surface area contributed by atoms with Crippen molar-refractivity contribution < 1.29 is 21.9 Å². The van der Waals surface area contributed by atoms with Gasteiger partial charge in [0.05, 0.1) is 0 Å². The number of benzene rings is 1. The highest BCUT2D eigenvalue weighted by Crippen LogP contribution is 2.36. The van der Waals surface area contributed by atoms with Crippen molar-refractivity contribution in [2.45, 2.75) is 158 Å². The zero-order chi connectivity index (χ0) is 38.6. The summed E-state index contributed by atoms with van der Waals surface area (Å²) in [5.74, 6) is 0.702. The van der Waals surface area contributed by atoms with Crippen LogP contribution in [0.25, 0.3) is 6.08 Å². The van der Waals surface area contributed by atoms with E-state index >= 15 is 0 Å². The predicted octanol–water partition coefficient (Wildman–Crippen LogP) is 14.1. The van der Waals surface area contributed by atoms with Crippen molar-refractivity contribution in [3.63, 3.8) is 0 Å². The van der Waals surface area contributed by atoms with E-state index in [9.17, 15) is 8.42 Å². The monoisotopic (exact) mass is 732 g/mol. The molecule has 52 heavy (non-hydrogen) atoms. The van der Waals surface area contributed by atoms with Crippen molar-refractivity contribution in [2.24, 2.45) is 0 Å². The Bertz CT molecular complexity index is 1640. The van der Waals surface area contributed by atoms with Gasteiger partial charge in [0.2, 0.25) is 0 Å². The lowest BCUT2D eigenvalue weighted by molar-refractivity contribution is 0.128. The van der Waals surface area contributed by atoms with E-state index in [0.717, 1.165) is 83.5 Å². The third-order valence-corrected chi connectivity index (χ3v) is 9.93. The van der Waals surface area contributed by atoms with Crippen molar-refractivity contribution in [1.82, 2.24) is 0 Å². The van der Waals surface area contributed by atoms with Crippen molar-refractivity contribution in [3.8, 4) is 11.5 Å². The van der Waals surface area contributed by atoms with E-state index in [-0.39, 0.29) is 5.75 Å². The van der Waals surface area contributed by atoms with Gasteiger partial charge < -0.3 is 8.92 Å². The first kappa shape index (κ1) is 44.8. The second-order valence-electron chi connectivity index (χ2n) is 15.3. The summed E-state index contributed by atoms with van der Waals surface area (Å²) in [6.07, 6.45) is 35.9. The van der Waals surface area contributed by atoms with Gasteiger partial charge >= 0.3 is 10.4 Å². The molecule has 1 aliphatic heterocycles. The van der Waals surface area contributed by atoms with E-state index in [2.05, 4.69) is 109 Å². The van der Waals surface area contributed by atoms with Gasteiger partial charge in [0.1, 0.15) is 17.1 Å². The van der Waals surface area contributed by atoms with Crippen LogP contribution in [0, 0.1) is 0 Å². The Morgan fingerprint density at radius 1 is 0.635 bits per heavy atom. The molecule has 1 aromatic carbocycles.